The van der Waals surface area contributed by atoms with Gasteiger partial charge in [0.1, 0.15) is 11.6 Å². The molecule has 0 saturated carbocycles. The highest BCUT2D eigenvalue weighted by Gasteiger charge is 2.17. The molecule has 1 amide bonds. The molecule has 0 spiro atoms. The van der Waals surface area contributed by atoms with Crippen LogP contribution in [0.2, 0.25) is 0 Å². The molecule has 0 unspecified atom stereocenters. The van der Waals surface area contributed by atoms with Crippen molar-refractivity contribution >= 4 is 21.8 Å². The van der Waals surface area contributed by atoms with E-state index >= 15 is 0 Å². The van der Waals surface area contributed by atoms with E-state index in [0.29, 0.717) is 10.0 Å². The minimum atomic E-state index is -0.490. The first-order chi connectivity index (χ1) is 9.49. The van der Waals surface area contributed by atoms with Crippen LogP contribution in [-0.4, -0.2) is 17.9 Å². The highest BCUT2D eigenvalue weighted by molar-refractivity contribution is 9.10. The van der Waals surface area contributed by atoms with Gasteiger partial charge in [-0.25, -0.2) is 8.78 Å². The average molecular weight is 340 g/mol. The lowest BCUT2D eigenvalue weighted by molar-refractivity contribution is 0.0782. The number of nitrogens with zero attached hydrogens (tertiary/aromatic N) is 1. The molecule has 2 rings (SSSR count). The first-order valence-electron chi connectivity index (χ1n) is 5.93. The van der Waals surface area contributed by atoms with Crippen molar-refractivity contribution in [1.82, 2.24) is 4.90 Å². The third kappa shape index (κ3) is 3.22. The molecule has 0 atom stereocenters. The zero-order chi connectivity index (χ0) is 14.7. The zero-order valence-electron chi connectivity index (χ0n) is 10.7. The lowest BCUT2D eigenvalue weighted by Gasteiger charge is -2.18. The third-order valence-electron chi connectivity index (χ3n) is 2.87. The lowest BCUT2D eigenvalue weighted by Crippen LogP contribution is -2.27. The SMILES string of the molecule is CN(Cc1ccccc1F)C(=O)c1cc(F)ccc1Br. The van der Waals surface area contributed by atoms with Gasteiger partial charge in [-0.2, -0.15) is 0 Å². The van der Waals surface area contributed by atoms with E-state index < -0.39 is 5.82 Å². The predicted octanol–water partition coefficient (Wildman–Crippen LogP) is 4.00. The molecule has 0 heterocycles. The number of carbonyl (C=O) groups excluding carboxylic acids is 1. The molecule has 2 aromatic rings. The molecule has 0 saturated heterocycles. The van der Waals surface area contributed by atoms with E-state index in [1.165, 1.54) is 23.1 Å². The van der Waals surface area contributed by atoms with Crippen LogP contribution >= 0.6 is 15.9 Å². The van der Waals surface area contributed by atoms with Gasteiger partial charge in [-0.15, -0.1) is 0 Å². The van der Waals surface area contributed by atoms with Gasteiger partial charge in [0.25, 0.3) is 5.91 Å². The molecule has 0 radical (unpaired) electrons. The van der Waals surface area contributed by atoms with Gasteiger partial charge in [0.2, 0.25) is 0 Å². The van der Waals surface area contributed by atoms with E-state index in [9.17, 15) is 13.6 Å². The van der Waals surface area contributed by atoms with Crippen LogP contribution in [0.25, 0.3) is 0 Å². The fraction of sp³-hybridized carbons (Fsp3) is 0.133. The Morgan fingerprint density at radius 1 is 1.20 bits per heavy atom. The summed E-state index contributed by atoms with van der Waals surface area (Å²) in [5.41, 5.74) is 0.625. The summed E-state index contributed by atoms with van der Waals surface area (Å²) in [5, 5.41) is 0. The van der Waals surface area contributed by atoms with Crippen molar-refractivity contribution in [2.75, 3.05) is 7.05 Å². The number of hydrogen-bond acceptors (Lipinski definition) is 1. The Morgan fingerprint density at radius 2 is 1.90 bits per heavy atom. The molecule has 20 heavy (non-hydrogen) atoms. The molecule has 0 aliphatic rings. The highest BCUT2D eigenvalue weighted by atomic mass is 79.9. The Bertz CT molecular complexity index is 646. The van der Waals surface area contributed by atoms with Crippen molar-refractivity contribution in [3.05, 3.63) is 69.7 Å². The Morgan fingerprint density at radius 3 is 2.60 bits per heavy atom. The summed E-state index contributed by atoms with van der Waals surface area (Å²) in [6.07, 6.45) is 0. The maximum Gasteiger partial charge on any atom is 0.255 e. The van der Waals surface area contributed by atoms with Gasteiger partial charge in [-0.3, -0.25) is 4.79 Å². The molecule has 0 aromatic heterocycles. The van der Waals surface area contributed by atoms with Crippen LogP contribution in [0.5, 0.6) is 0 Å². The fourth-order valence-corrected chi connectivity index (χ4v) is 2.24. The molecule has 0 bridgehead atoms. The Balaban J connectivity index is 2.21. The minimum absolute atomic E-state index is 0.120. The van der Waals surface area contributed by atoms with E-state index in [1.54, 1.807) is 25.2 Å². The van der Waals surface area contributed by atoms with Crippen LogP contribution in [-0.2, 0) is 6.54 Å². The van der Waals surface area contributed by atoms with Gasteiger partial charge in [-0.1, -0.05) is 18.2 Å². The quantitative estimate of drug-likeness (QED) is 0.827. The minimum Gasteiger partial charge on any atom is -0.337 e. The molecule has 0 N–H and O–H groups in total. The Hall–Kier alpha value is -1.75. The maximum atomic E-state index is 13.6. The maximum absolute atomic E-state index is 13.6. The van der Waals surface area contributed by atoms with Crippen molar-refractivity contribution in [2.45, 2.75) is 6.54 Å². The van der Waals surface area contributed by atoms with Gasteiger partial charge >= 0.3 is 0 Å². The zero-order valence-corrected chi connectivity index (χ0v) is 12.3. The van der Waals surface area contributed by atoms with Crippen LogP contribution in [0.1, 0.15) is 15.9 Å². The first kappa shape index (κ1) is 14.7. The summed E-state index contributed by atoms with van der Waals surface area (Å²) in [6, 6.07) is 10.1. The Labute approximate surface area is 124 Å². The smallest absolute Gasteiger partial charge is 0.255 e. The van der Waals surface area contributed by atoms with Crippen LogP contribution in [0.4, 0.5) is 8.78 Å². The van der Waals surface area contributed by atoms with Crippen LogP contribution in [0.3, 0.4) is 0 Å². The van der Waals surface area contributed by atoms with Crippen molar-refractivity contribution in [3.8, 4) is 0 Å². The molecule has 2 nitrogen and oxygen atoms in total. The number of carbonyl (C=O) groups is 1. The summed E-state index contributed by atoms with van der Waals surface area (Å²) >= 11 is 3.21. The molecule has 0 fully saturated rings. The van der Waals surface area contributed by atoms with Gasteiger partial charge < -0.3 is 4.90 Å². The topological polar surface area (TPSA) is 20.3 Å². The van der Waals surface area contributed by atoms with Gasteiger partial charge in [0, 0.05) is 23.6 Å². The molecule has 5 heteroatoms. The molecule has 0 aliphatic heterocycles. The van der Waals surface area contributed by atoms with Crippen molar-refractivity contribution in [1.29, 1.82) is 0 Å². The second kappa shape index (κ2) is 6.13. The van der Waals surface area contributed by atoms with Crippen molar-refractivity contribution in [2.24, 2.45) is 0 Å². The number of amides is 1. The molecule has 104 valence electrons. The van der Waals surface area contributed by atoms with E-state index in [0.717, 1.165) is 6.07 Å². The standard InChI is InChI=1S/C15H12BrF2NO/c1-19(9-10-4-2-3-5-14(10)18)15(20)12-8-11(17)6-7-13(12)16/h2-8H,9H2,1H3. The summed E-state index contributed by atoms with van der Waals surface area (Å²) in [6.45, 7) is 0.120. The van der Waals surface area contributed by atoms with Gasteiger partial charge in [-0.05, 0) is 40.2 Å². The van der Waals surface area contributed by atoms with Crippen molar-refractivity contribution in [3.63, 3.8) is 0 Å². The monoisotopic (exact) mass is 339 g/mol. The van der Waals surface area contributed by atoms with Gasteiger partial charge in [0.05, 0.1) is 5.56 Å². The highest BCUT2D eigenvalue weighted by Crippen LogP contribution is 2.20. The normalized spacial score (nSPS) is 10.4. The van der Waals surface area contributed by atoms with E-state index in [2.05, 4.69) is 15.9 Å². The summed E-state index contributed by atoms with van der Waals surface area (Å²) in [5.74, 6) is -1.24. The van der Waals surface area contributed by atoms with E-state index in [1.807, 2.05) is 0 Å². The van der Waals surface area contributed by atoms with E-state index in [4.69, 9.17) is 0 Å². The van der Waals surface area contributed by atoms with Crippen LogP contribution < -0.4 is 0 Å². The van der Waals surface area contributed by atoms with E-state index in [-0.39, 0.29) is 23.8 Å². The second-order valence-corrected chi connectivity index (χ2v) is 5.23. The largest absolute Gasteiger partial charge is 0.337 e. The molecular weight excluding hydrogens is 328 g/mol. The van der Waals surface area contributed by atoms with Crippen molar-refractivity contribution < 1.29 is 13.6 Å². The summed E-state index contributed by atoms with van der Waals surface area (Å²) < 4.78 is 27.3. The summed E-state index contributed by atoms with van der Waals surface area (Å²) in [4.78, 5) is 13.6. The number of rotatable bonds is 3. The second-order valence-electron chi connectivity index (χ2n) is 4.38. The fourth-order valence-electron chi connectivity index (χ4n) is 1.82. The third-order valence-corrected chi connectivity index (χ3v) is 3.56. The molecule has 2 aromatic carbocycles. The van der Waals surface area contributed by atoms with Crippen LogP contribution in [0.15, 0.2) is 46.9 Å². The average Bonchev–Trinajstić information content (AvgIpc) is 2.43. The molecule has 0 aliphatic carbocycles. The van der Waals surface area contributed by atoms with Gasteiger partial charge in [0.15, 0.2) is 0 Å². The summed E-state index contributed by atoms with van der Waals surface area (Å²) in [7, 11) is 1.55. The number of benzene rings is 2. The first-order valence-corrected chi connectivity index (χ1v) is 6.72. The number of halogens is 3. The number of hydrogen-bond donors (Lipinski definition) is 0. The van der Waals surface area contributed by atoms with Crippen LogP contribution in [0, 0.1) is 11.6 Å². The Kier molecular flexibility index (Phi) is 4.49. The molecular formula is C15H12BrF2NO. The predicted molar refractivity (Wildman–Crippen MR) is 76.3 cm³/mol. The lowest BCUT2D eigenvalue weighted by atomic mass is 10.1.